The minimum Gasteiger partial charge on any atom is -0.256 e. The van der Waals surface area contributed by atoms with Crippen molar-refractivity contribution in [2.45, 2.75) is 6.92 Å². The van der Waals surface area contributed by atoms with Crippen LogP contribution in [-0.4, -0.2) is 4.98 Å². The zero-order valence-electron chi connectivity index (χ0n) is 7.01. The smallest absolute Gasteiger partial charge is 0.135 e. The Hall–Kier alpha value is -1.51. The van der Waals surface area contributed by atoms with E-state index in [0.717, 1.165) is 11.6 Å². The molecule has 0 unspecified atom stereocenters. The summed E-state index contributed by atoms with van der Waals surface area (Å²) in [6.07, 6.45) is 1.54. The van der Waals surface area contributed by atoms with Crippen LogP contribution in [0, 0.1) is 18.6 Å². The summed E-state index contributed by atoms with van der Waals surface area (Å²) in [4.78, 5) is 3.88. The average Bonchev–Trinajstić information content (AvgIpc) is 2.02. The zero-order valence-corrected chi connectivity index (χ0v) is 7.01. The van der Waals surface area contributed by atoms with Crippen LogP contribution >= 0.6 is 0 Å². The fraction of sp³-hybridized carbons (Fsp3) is 0.100. The molecule has 0 aliphatic carbocycles. The Morgan fingerprint density at radius 2 is 2.00 bits per heavy atom. The molecule has 3 heteroatoms. The van der Waals surface area contributed by atoms with Crippen LogP contribution in [0.5, 0.6) is 0 Å². The maximum Gasteiger partial charge on any atom is 0.135 e. The van der Waals surface area contributed by atoms with E-state index in [4.69, 9.17) is 0 Å². The van der Waals surface area contributed by atoms with Crippen molar-refractivity contribution in [2.75, 3.05) is 0 Å². The standard InChI is InChI=1S/C10H7F2N/c1-6-2-3-13-9-5-7(11)4-8(12)10(6)9/h2-5H,1H3. The number of aromatic nitrogens is 1. The van der Waals surface area contributed by atoms with Crippen LogP contribution in [-0.2, 0) is 0 Å². The maximum absolute atomic E-state index is 13.2. The number of fused-ring (bicyclic) bond motifs is 1. The summed E-state index contributed by atoms with van der Waals surface area (Å²) in [7, 11) is 0. The molecule has 1 heterocycles. The van der Waals surface area contributed by atoms with E-state index in [9.17, 15) is 8.78 Å². The largest absolute Gasteiger partial charge is 0.256 e. The van der Waals surface area contributed by atoms with Gasteiger partial charge in [0.25, 0.3) is 0 Å². The van der Waals surface area contributed by atoms with Crippen LogP contribution in [0.4, 0.5) is 8.78 Å². The van der Waals surface area contributed by atoms with Crippen LogP contribution < -0.4 is 0 Å². The van der Waals surface area contributed by atoms with Gasteiger partial charge in [-0.3, -0.25) is 4.98 Å². The van der Waals surface area contributed by atoms with Crippen molar-refractivity contribution in [3.63, 3.8) is 0 Å². The first-order valence-corrected chi connectivity index (χ1v) is 3.89. The summed E-state index contributed by atoms with van der Waals surface area (Å²) >= 11 is 0. The molecule has 0 spiro atoms. The van der Waals surface area contributed by atoms with Gasteiger partial charge in [-0.25, -0.2) is 8.78 Å². The van der Waals surface area contributed by atoms with Gasteiger partial charge in [-0.15, -0.1) is 0 Å². The predicted octanol–water partition coefficient (Wildman–Crippen LogP) is 2.82. The van der Waals surface area contributed by atoms with Crippen molar-refractivity contribution < 1.29 is 8.78 Å². The number of aryl methyl sites for hydroxylation is 1. The Labute approximate surface area is 74.0 Å². The van der Waals surface area contributed by atoms with Crippen LogP contribution in [0.15, 0.2) is 24.4 Å². The second-order valence-electron chi connectivity index (χ2n) is 2.91. The van der Waals surface area contributed by atoms with Gasteiger partial charge >= 0.3 is 0 Å². The first-order chi connectivity index (χ1) is 6.18. The lowest BCUT2D eigenvalue weighted by molar-refractivity contribution is 0.591. The Bertz CT molecular complexity index is 466. The highest BCUT2D eigenvalue weighted by Crippen LogP contribution is 2.20. The van der Waals surface area contributed by atoms with Crippen LogP contribution in [0.25, 0.3) is 10.9 Å². The van der Waals surface area contributed by atoms with Gasteiger partial charge in [-0.2, -0.15) is 0 Å². The van der Waals surface area contributed by atoms with Gasteiger partial charge < -0.3 is 0 Å². The van der Waals surface area contributed by atoms with Gasteiger partial charge in [0.15, 0.2) is 0 Å². The highest BCUT2D eigenvalue weighted by atomic mass is 19.1. The minimum absolute atomic E-state index is 0.359. The van der Waals surface area contributed by atoms with E-state index in [2.05, 4.69) is 4.98 Å². The van der Waals surface area contributed by atoms with E-state index in [1.165, 1.54) is 12.3 Å². The van der Waals surface area contributed by atoms with Crippen molar-refractivity contribution in [2.24, 2.45) is 0 Å². The van der Waals surface area contributed by atoms with E-state index in [-0.39, 0.29) is 0 Å². The predicted molar refractivity (Wildman–Crippen MR) is 46.4 cm³/mol. The van der Waals surface area contributed by atoms with Crippen molar-refractivity contribution in [3.05, 3.63) is 41.6 Å². The minimum atomic E-state index is -0.594. The molecule has 0 radical (unpaired) electrons. The molecule has 2 rings (SSSR count). The van der Waals surface area contributed by atoms with Crippen molar-refractivity contribution in [3.8, 4) is 0 Å². The molecule has 2 aromatic rings. The second-order valence-corrected chi connectivity index (χ2v) is 2.91. The SMILES string of the molecule is Cc1ccnc2cc(F)cc(F)c12. The number of pyridine rings is 1. The van der Waals surface area contributed by atoms with Gasteiger partial charge in [0, 0.05) is 23.7 Å². The highest BCUT2D eigenvalue weighted by Gasteiger charge is 2.06. The monoisotopic (exact) mass is 179 g/mol. The topological polar surface area (TPSA) is 12.9 Å². The number of nitrogens with zero attached hydrogens (tertiary/aromatic N) is 1. The van der Waals surface area contributed by atoms with Crippen molar-refractivity contribution >= 4 is 10.9 Å². The number of hydrogen-bond acceptors (Lipinski definition) is 1. The molecule has 1 aromatic heterocycles. The molecule has 1 nitrogen and oxygen atoms in total. The first kappa shape index (κ1) is 8.10. The zero-order chi connectivity index (χ0) is 9.42. The van der Waals surface area contributed by atoms with Crippen LogP contribution in [0.3, 0.4) is 0 Å². The Kier molecular flexibility index (Phi) is 1.72. The molecule has 0 saturated carbocycles. The first-order valence-electron chi connectivity index (χ1n) is 3.89. The molecular formula is C10H7F2N. The van der Waals surface area contributed by atoms with E-state index < -0.39 is 11.6 Å². The lowest BCUT2D eigenvalue weighted by atomic mass is 10.1. The number of benzene rings is 1. The van der Waals surface area contributed by atoms with Gasteiger partial charge in [-0.1, -0.05) is 0 Å². The molecule has 13 heavy (non-hydrogen) atoms. The molecule has 0 bridgehead atoms. The van der Waals surface area contributed by atoms with Crippen molar-refractivity contribution in [1.82, 2.24) is 4.98 Å². The van der Waals surface area contributed by atoms with E-state index >= 15 is 0 Å². The Morgan fingerprint density at radius 1 is 1.23 bits per heavy atom. The third-order valence-corrected chi connectivity index (χ3v) is 1.97. The lowest BCUT2D eigenvalue weighted by Crippen LogP contribution is -1.88. The molecular weight excluding hydrogens is 172 g/mol. The van der Waals surface area contributed by atoms with E-state index in [1.807, 2.05) is 0 Å². The summed E-state index contributed by atoms with van der Waals surface area (Å²) < 4.78 is 26.0. The maximum atomic E-state index is 13.2. The summed E-state index contributed by atoms with van der Waals surface area (Å²) in [5, 5.41) is 0.393. The Balaban J connectivity index is 2.94. The summed E-state index contributed by atoms with van der Waals surface area (Å²) in [5.41, 5.74) is 1.13. The van der Waals surface area contributed by atoms with Crippen LogP contribution in [0.1, 0.15) is 5.56 Å². The molecule has 0 aliphatic rings. The summed E-state index contributed by atoms with van der Waals surface area (Å²) in [6, 6.07) is 3.80. The van der Waals surface area contributed by atoms with E-state index in [0.29, 0.717) is 10.9 Å². The fourth-order valence-electron chi connectivity index (χ4n) is 1.36. The van der Waals surface area contributed by atoms with Gasteiger partial charge in [0.2, 0.25) is 0 Å². The van der Waals surface area contributed by atoms with Gasteiger partial charge in [0.05, 0.1) is 5.52 Å². The quantitative estimate of drug-likeness (QED) is 0.606. The average molecular weight is 179 g/mol. The normalized spacial score (nSPS) is 10.7. The number of halogens is 2. The molecule has 0 saturated heterocycles. The van der Waals surface area contributed by atoms with Gasteiger partial charge in [-0.05, 0) is 18.6 Å². The Morgan fingerprint density at radius 3 is 2.77 bits per heavy atom. The van der Waals surface area contributed by atoms with Crippen LogP contribution in [0.2, 0.25) is 0 Å². The molecule has 0 atom stereocenters. The molecule has 0 aliphatic heterocycles. The van der Waals surface area contributed by atoms with Gasteiger partial charge in [0.1, 0.15) is 11.6 Å². The third kappa shape index (κ3) is 1.26. The van der Waals surface area contributed by atoms with E-state index in [1.54, 1.807) is 13.0 Å². The lowest BCUT2D eigenvalue weighted by Gasteiger charge is -2.01. The fourth-order valence-corrected chi connectivity index (χ4v) is 1.36. The summed E-state index contributed by atoms with van der Waals surface area (Å²) in [6.45, 7) is 1.77. The molecule has 1 aromatic carbocycles. The number of hydrogen-bond donors (Lipinski definition) is 0. The second kappa shape index (κ2) is 2.76. The highest BCUT2D eigenvalue weighted by molar-refractivity contribution is 5.82. The number of rotatable bonds is 0. The summed E-state index contributed by atoms with van der Waals surface area (Å²) in [5.74, 6) is -1.15. The van der Waals surface area contributed by atoms with Crippen molar-refractivity contribution in [1.29, 1.82) is 0 Å². The molecule has 66 valence electrons. The molecule has 0 N–H and O–H groups in total. The third-order valence-electron chi connectivity index (χ3n) is 1.97. The molecule has 0 fully saturated rings. The molecule has 0 amide bonds.